The third-order valence-electron chi connectivity index (χ3n) is 4.69. The maximum Gasteiger partial charge on any atom is 0.416 e. The molecule has 0 radical (unpaired) electrons. The molecule has 0 aliphatic heterocycles. The third kappa shape index (κ3) is 5.18. The van der Waals surface area contributed by atoms with Crippen molar-refractivity contribution >= 4 is 11.9 Å². The quantitative estimate of drug-likeness (QED) is 0.466. The first-order valence-corrected chi connectivity index (χ1v) is 8.34. The highest BCUT2D eigenvalue weighted by molar-refractivity contribution is 6.02. The van der Waals surface area contributed by atoms with Crippen LogP contribution in [0.3, 0.4) is 0 Å². The molecule has 2 rings (SSSR count). The molecule has 4 heteroatoms. The summed E-state index contributed by atoms with van der Waals surface area (Å²) in [7, 11) is 0. The normalized spacial score (nSPS) is 20.9. The van der Waals surface area contributed by atoms with Gasteiger partial charge in [0.15, 0.2) is 5.78 Å². The van der Waals surface area contributed by atoms with E-state index >= 15 is 0 Å². The summed E-state index contributed by atoms with van der Waals surface area (Å²) in [6, 6.07) is 4.92. The number of alkyl halides is 3. The first-order valence-electron chi connectivity index (χ1n) is 8.34. The van der Waals surface area contributed by atoms with Crippen LogP contribution in [0.4, 0.5) is 13.2 Å². The zero-order chi connectivity index (χ0) is 18.7. The third-order valence-corrected chi connectivity index (χ3v) is 4.69. The van der Waals surface area contributed by atoms with Crippen LogP contribution in [0, 0.1) is 11.3 Å². The molecule has 0 spiro atoms. The van der Waals surface area contributed by atoms with Crippen molar-refractivity contribution in [3.05, 3.63) is 65.3 Å². The summed E-state index contributed by atoms with van der Waals surface area (Å²) in [5, 5.41) is 0. The van der Waals surface area contributed by atoms with Gasteiger partial charge in [-0.25, -0.2) is 0 Å². The van der Waals surface area contributed by atoms with E-state index in [1.165, 1.54) is 29.9 Å². The maximum atomic E-state index is 12.7. The van der Waals surface area contributed by atoms with Gasteiger partial charge in [0, 0.05) is 5.92 Å². The lowest BCUT2D eigenvalue weighted by Crippen LogP contribution is -2.26. The minimum atomic E-state index is -4.38. The van der Waals surface area contributed by atoms with Crippen LogP contribution in [0.5, 0.6) is 0 Å². The van der Waals surface area contributed by atoms with Crippen molar-refractivity contribution in [3.63, 3.8) is 0 Å². The van der Waals surface area contributed by atoms with Crippen molar-refractivity contribution in [2.24, 2.45) is 11.3 Å². The molecular weight excluding hydrogens is 325 g/mol. The number of carbonyl (C=O) groups excluding carboxylic acids is 1. The van der Waals surface area contributed by atoms with Gasteiger partial charge in [0.1, 0.15) is 0 Å². The number of allylic oxidation sites excluding steroid dienone is 5. The molecule has 25 heavy (non-hydrogen) atoms. The summed E-state index contributed by atoms with van der Waals surface area (Å²) >= 11 is 0. The summed E-state index contributed by atoms with van der Waals surface area (Å²) in [5.74, 6) is -0.0289. The Morgan fingerprint density at radius 1 is 1.24 bits per heavy atom. The lowest BCUT2D eigenvalue weighted by molar-refractivity contribution is -0.137. The van der Waals surface area contributed by atoms with E-state index in [9.17, 15) is 18.0 Å². The summed E-state index contributed by atoms with van der Waals surface area (Å²) < 4.78 is 38.1. The molecule has 0 saturated heterocycles. The molecule has 1 atom stereocenters. The standard InChI is InChI=1S/C21H23F3O/c1-15-6-5-13-20(2,3)19(15)12-11-18(25)10-9-16-7-4-8-17(14-16)21(22,23)24/h4,6-12,14,19H,5,13H2,1-3H3/b10-9+,12-11+. The Bertz CT molecular complexity index is 721. The topological polar surface area (TPSA) is 17.1 Å². The van der Waals surface area contributed by atoms with Crippen LogP contribution >= 0.6 is 0 Å². The molecule has 1 aliphatic rings. The zero-order valence-electron chi connectivity index (χ0n) is 14.7. The van der Waals surface area contributed by atoms with E-state index in [0.29, 0.717) is 5.56 Å². The van der Waals surface area contributed by atoms with Crippen LogP contribution < -0.4 is 0 Å². The minimum absolute atomic E-state index is 0.0976. The Morgan fingerprint density at radius 3 is 2.60 bits per heavy atom. The van der Waals surface area contributed by atoms with Gasteiger partial charge >= 0.3 is 6.18 Å². The van der Waals surface area contributed by atoms with Gasteiger partial charge in [-0.15, -0.1) is 0 Å². The van der Waals surface area contributed by atoms with Gasteiger partial charge in [0.05, 0.1) is 5.56 Å². The van der Waals surface area contributed by atoms with Crippen molar-refractivity contribution in [1.82, 2.24) is 0 Å². The van der Waals surface area contributed by atoms with E-state index in [1.807, 2.05) is 6.08 Å². The molecule has 0 fully saturated rings. The average Bonchev–Trinajstić information content (AvgIpc) is 2.51. The molecule has 1 aromatic carbocycles. The average molecular weight is 348 g/mol. The molecule has 0 bridgehead atoms. The highest BCUT2D eigenvalue weighted by Gasteiger charge is 2.31. The van der Waals surface area contributed by atoms with Gasteiger partial charge in [0.25, 0.3) is 0 Å². The van der Waals surface area contributed by atoms with Crippen LogP contribution in [0.2, 0.25) is 0 Å². The van der Waals surface area contributed by atoms with Gasteiger partial charge in [-0.1, -0.05) is 49.8 Å². The Balaban J connectivity index is 2.08. The molecule has 0 aromatic heterocycles. The molecule has 1 aromatic rings. The summed E-state index contributed by atoms with van der Waals surface area (Å²) in [4.78, 5) is 12.0. The lowest BCUT2D eigenvalue weighted by atomic mass is 9.68. The van der Waals surface area contributed by atoms with E-state index < -0.39 is 11.7 Å². The number of ketones is 1. The van der Waals surface area contributed by atoms with Crippen molar-refractivity contribution < 1.29 is 18.0 Å². The predicted molar refractivity (Wildman–Crippen MR) is 94.9 cm³/mol. The van der Waals surface area contributed by atoms with Gasteiger partial charge in [-0.05, 0) is 55.0 Å². The molecule has 0 amide bonds. The van der Waals surface area contributed by atoms with E-state index in [1.54, 1.807) is 6.07 Å². The second-order valence-corrected chi connectivity index (χ2v) is 7.17. The number of hydrogen-bond acceptors (Lipinski definition) is 1. The summed E-state index contributed by atoms with van der Waals surface area (Å²) in [5.41, 5.74) is 0.982. The lowest BCUT2D eigenvalue weighted by Gasteiger charge is -2.36. The van der Waals surface area contributed by atoms with Gasteiger partial charge < -0.3 is 0 Å². The summed E-state index contributed by atoms with van der Waals surface area (Å²) in [6.07, 6.45) is 6.06. The predicted octanol–water partition coefficient (Wildman–Crippen LogP) is 6.23. The van der Waals surface area contributed by atoms with Crippen molar-refractivity contribution in [2.45, 2.75) is 39.8 Å². The minimum Gasteiger partial charge on any atom is -0.290 e. The smallest absolute Gasteiger partial charge is 0.290 e. The fourth-order valence-corrected chi connectivity index (χ4v) is 3.23. The number of hydrogen-bond donors (Lipinski definition) is 0. The van der Waals surface area contributed by atoms with Crippen LogP contribution in [-0.4, -0.2) is 5.78 Å². The Morgan fingerprint density at radius 2 is 1.96 bits per heavy atom. The Hall–Kier alpha value is -2.10. The molecule has 134 valence electrons. The zero-order valence-corrected chi connectivity index (χ0v) is 14.7. The second kappa shape index (κ2) is 7.42. The molecule has 0 N–H and O–H groups in total. The second-order valence-electron chi connectivity index (χ2n) is 7.17. The first kappa shape index (κ1) is 19.2. The van der Waals surface area contributed by atoms with Crippen LogP contribution in [0.15, 0.2) is 54.1 Å². The Kier molecular flexibility index (Phi) is 5.71. The SMILES string of the molecule is CC1=CCCC(C)(C)C1/C=C/C(=O)/C=C/c1cccc(C(F)(F)F)c1. The maximum absolute atomic E-state index is 12.7. The molecular formula is C21H23F3O. The van der Waals surface area contributed by atoms with Crippen LogP contribution in [-0.2, 0) is 11.0 Å². The van der Waals surface area contributed by atoms with E-state index in [0.717, 1.165) is 25.0 Å². The van der Waals surface area contributed by atoms with E-state index in [-0.39, 0.29) is 17.1 Å². The highest BCUT2D eigenvalue weighted by Crippen LogP contribution is 2.41. The van der Waals surface area contributed by atoms with Crippen molar-refractivity contribution in [1.29, 1.82) is 0 Å². The molecule has 0 saturated carbocycles. The van der Waals surface area contributed by atoms with Gasteiger partial charge in [-0.3, -0.25) is 4.79 Å². The van der Waals surface area contributed by atoms with Gasteiger partial charge in [0.2, 0.25) is 0 Å². The molecule has 1 unspecified atom stereocenters. The van der Waals surface area contributed by atoms with Crippen molar-refractivity contribution in [2.75, 3.05) is 0 Å². The van der Waals surface area contributed by atoms with Crippen LogP contribution in [0.1, 0.15) is 44.7 Å². The van der Waals surface area contributed by atoms with Crippen LogP contribution in [0.25, 0.3) is 6.08 Å². The number of benzene rings is 1. The molecule has 1 nitrogen and oxygen atoms in total. The Labute approximate surface area is 146 Å². The number of rotatable bonds is 4. The van der Waals surface area contributed by atoms with Gasteiger partial charge in [-0.2, -0.15) is 13.2 Å². The molecule has 1 aliphatic carbocycles. The number of carbonyl (C=O) groups is 1. The van der Waals surface area contributed by atoms with E-state index in [4.69, 9.17) is 0 Å². The van der Waals surface area contributed by atoms with E-state index in [2.05, 4.69) is 26.8 Å². The highest BCUT2D eigenvalue weighted by atomic mass is 19.4. The first-order chi connectivity index (χ1) is 11.6. The molecule has 0 heterocycles. The fourth-order valence-electron chi connectivity index (χ4n) is 3.23. The van der Waals surface area contributed by atoms with Crippen molar-refractivity contribution in [3.8, 4) is 0 Å². The number of halogens is 3. The largest absolute Gasteiger partial charge is 0.416 e. The fraction of sp³-hybridized carbons (Fsp3) is 0.381. The summed E-state index contributed by atoms with van der Waals surface area (Å²) in [6.45, 7) is 6.43. The monoisotopic (exact) mass is 348 g/mol.